The number of carbonyl (C=O) groups excluding carboxylic acids is 1. The molecule has 0 spiro atoms. The maximum Gasteiger partial charge on any atom is 0.321 e. The van der Waals surface area contributed by atoms with Gasteiger partial charge in [-0.15, -0.1) is 0 Å². The summed E-state index contributed by atoms with van der Waals surface area (Å²) in [5.74, 6) is 1.44. The monoisotopic (exact) mass is 328 g/mol. The van der Waals surface area contributed by atoms with E-state index >= 15 is 0 Å². The SMILES string of the molecule is CCOc1ccc(CCNC(=O)N(C)c2ccccc2)cc1OC. The fourth-order valence-corrected chi connectivity index (χ4v) is 2.34. The van der Waals surface area contributed by atoms with Crippen molar-refractivity contribution >= 4 is 11.7 Å². The van der Waals surface area contributed by atoms with Crippen LogP contribution in [0.3, 0.4) is 0 Å². The zero-order valence-corrected chi connectivity index (χ0v) is 14.4. The molecule has 0 aliphatic heterocycles. The Balaban J connectivity index is 1.88. The minimum atomic E-state index is -0.126. The molecule has 2 amide bonds. The number of nitrogens with zero attached hydrogens (tertiary/aromatic N) is 1. The molecule has 0 aromatic heterocycles. The molecule has 1 N–H and O–H groups in total. The van der Waals surface area contributed by atoms with Crippen LogP contribution in [0, 0.1) is 0 Å². The Hall–Kier alpha value is -2.69. The van der Waals surface area contributed by atoms with E-state index in [4.69, 9.17) is 9.47 Å². The molecule has 0 fully saturated rings. The van der Waals surface area contributed by atoms with Gasteiger partial charge in [-0.1, -0.05) is 24.3 Å². The van der Waals surface area contributed by atoms with Crippen molar-refractivity contribution in [2.45, 2.75) is 13.3 Å². The molecule has 0 saturated heterocycles. The van der Waals surface area contributed by atoms with Crippen LogP contribution in [-0.2, 0) is 6.42 Å². The molecule has 5 heteroatoms. The average Bonchev–Trinajstić information content (AvgIpc) is 2.63. The molecule has 2 aromatic carbocycles. The Morgan fingerprint density at radius 1 is 1.12 bits per heavy atom. The Labute approximate surface area is 143 Å². The van der Waals surface area contributed by atoms with Gasteiger partial charge in [-0.25, -0.2) is 4.79 Å². The summed E-state index contributed by atoms with van der Waals surface area (Å²) in [6.45, 7) is 3.08. The van der Waals surface area contributed by atoms with Gasteiger partial charge in [0.05, 0.1) is 13.7 Å². The molecule has 0 heterocycles. The fourth-order valence-electron chi connectivity index (χ4n) is 2.34. The van der Waals surface area contributed by atoms with E-state index in [1.807, 2.05) is 55.5 Å². The summed E-state index contributed by atoms with van der Waals surface area (Å²) in [4.78, 5) is 13.8. The first-order valence-corrected chi connectivity index (χ1v) is 8.02. The zero-order chi connectivity index (χ0) is 17.4. The fraction of sp³-hybridized carbons (Fsp3) is 0.316. The Morgan fingerprint density at radius 3 is 2.54 bits per heavy atom. The molecule has 0 aliphatic rings. The molecule has 128 valence electrons. The molecule has 0 atom stereocenters. The van der Waals surface area contributed by atoms with Crippen LogP contribution < -0.4 is 19.7 Å². The number of methoxy groups -OCH3 is 1. The van der Waals surface area contributed by atoms with E-state index in [9.17, 15) is 4.79 Å². The van der Waals surface area contributed by atoms with E-state index in [0.717, 1.165) is 23.4 Å². The van der Waals surface area contributed by atoms with E-state index in [2.05, 4.69) is 5.32 Å². The molecule has 0 bridgehead atoms. The maximum absolute atomic E-state index is 12.2. The van der Waals surface area contributed by atoms with Crippen LogP contribution in [0.5, 0.6) is 11.5 Å². The minimum Gasteiger partial charge on any atom is -0.493 e. The second kappa shape index (κ2) is 8.82. The number of ether oxygens (including phenoxy) is 2. The molecule has 2 aromatic rings. The smallest absolute Gasteiger partial charge is 0.321 e. The first-order chi connectivity index (χ1) is 11.7. The molecule has 0 aliphatic carbocycles. The average molecular weight is 328 g/mol. The van der Waals surface area contributed by atoms with Gasteiger partial charge in [0.25, 0.3) is 0 Å². The third kappa shape index (κ3) is 4.65. The highest BCUT2D eigenvalue weighted by Crippen LogP contribution is 2.28. The molecule has 24 heavy (non-hydrogen) atoms. The van der Waals surface area contributed by atoms with E-state index in [-0.39, 0.29) is 6.03 Å². The summed E-state index contributed by atoms with van der Waals surface area (Å²) in [7, 11) is 3.38. The molecule has 0 saturated carbocycles. The van der Waals surface area contributed by atoms with Crippen LogP contribution in [0.1, 0.15) is 12.5 Å². The molecule has 0 unspecified atom stereocenters. The number of benzene rings is 2. The Bertz CT molecular complexity index is 659. The first kappa shape index (κ1) is 17.7. The summed E-state index contributed by atoms with van der Waals surface area (Å²) in [6, 6.07) is 15.2. The van der Waals surface area contributed by atoms with Gasteiger partial charge in [0.15, 0.2) is 11.5 Å². The highest BCUT2D eigenvalue weighted by atomic mass is 16.5. The summed E-state index contributed by atoms with van der Waals surface area (Å²) < 4.78 is 10.8. The van der Waals surface area contributed by atoms with Crippen LogP contribution in [-0.4, -0.2) is 33.3 Å². The number of urea groups is 1. The molecule has 0 radical (unpaired) electrons. The second-order valence-electron chi connectivity index (χ2n) is 5.29. The Morgan fingerprint density at radius 2 is 1.88 bits per heavy atom. The van der Waals surface area contributed by atoms with Gasteiger partial charge < -0.3 is 14.8 Å². The standard InChI is InChI=1S/C19H24N2O3/c1-4-24-17-11-10-15(14-18(17)23-3)12-13-20-19(22)21(2)16-8-6-5-7-9-16/h5-11,14H,4,12-13H2,1-3H3,(H,20,22). The predicted molar refractivity (Wildman–Crippen MR) is 96.1 cm³/mol. The van der Waals surface area contributed by atoms with Gasteiger partial charge in [-0.3, -0.25) is 4.90 Å². The van der Waals surface area contributed by atoms with Gasteiger partial charge in [-0.05, 0) is 43.2 Å². The lowest BCUT2D eigenvalue weighted by Gasteiger charge is -2.18. The van der Waals surface area contributed by atoms with Crippen LogP contribution >= 0.6 is 0 Å². The number of hydrogen-bond acceptors (Lipinski definition) is 3. The summed E-state index contributed by atoms with van der Waals surface area (Å²) in [6.07, 6.45) is 0.719. The quantitative estimate of drug-likeness (QED) is 0.846. The maximum atomic E-state index is 12.2. The normalized spacial score (nSPS) is 10.1. The number of anilines is 1. The van der Waals surface area contributed by atoms with Gasteiger partial charge >= 0.3 is 6.03 Å². The number of rotatable bonds is 7. The van der Waals surface area contributed by atoms with Crippen LogP contribution in [0.15, 0.2) is 48.5 Å². The Kier molecular flexibility index (Phi) is 6.49. The van der Waals surface area contributed by atoms with Crippen molar-refractivity contribution in [1.82, 2.24) is 5.32 Å². The summed E-state index contributed by atoms with van der Waals surface area (Å²) in [5, 5.41) is 2.92. The van der Waals surface area contributed by atoms with Crippen molar-refractivity contribution in [2.24, 2.45) is 0 Å². The largest absolute Gasteiger partial charge is 0.493 e. The molecular formula is C19H24N2O3. The highest BCUT2D eigenvalue weighted by Gasteiger charge is 2.10. The third-order valence-corrected chi connectivity index (χ3v) is 3.67. The van der Waals surface area contributed by atoms with Gasteiger partial charge in [0, 0.05) is 19.3 Å². The molecular weight excluding hydrogens is 304 g/mol. The van der Waals surface area contributed by atoms with Crippen molar-refractivity contribution in [3.63, 3.8) is 0 Å². The zero-order valence-electron chi connectivity index (χ0n) is 14.4. The second-order valence-corrected chi connectivity index (χ2v) is 5.29. The predicted octanol–water partition coefficient (Wildman–Crippen LogP) is 3.48. The van der Waals surface area contributed by atoms with Crippen LogP contribution in [0.2, 0.25) is 0 Å². The topological polar surface area (TPSA) is 50.8 Å². The van der Waals surface area contributed by atoms with Crippen molar-refractivity contribution in [3.8, 4) is 11.5 Å². The van der Waals surface area contributed by atoms with Crippen LogP contribution in [0.4, 0.5) is 10.5 Å². The third-order valence-electron chi connectivity index (χ3n) is 3.67. The van der Waals surface area contributed by atoms with Gasteiger partial charge in [0.1, 0.15) is 0 Å². The number of amides is 2. The first-order valence-electron chi connectivity index (χ1n) is 8.02. The number of para-hydroxylation sites is 1. The summed E-state index contributed by atoms with van der Waals surface area (Å²) >= 11 is 0. The number of nitrogens with one attached hydrogen (secondary N) is 1. The number of carbonyl (C=O) groups is 1. The van der Waals surface area contributed by atoms with Crippen molar-refractivity contribution in [3.05, 3.63) is 54.1 Å². The van der Waals surface area contributed by atoms with E-state index in [0.29, 0.717) is 18.9 Å². The number of hydrogen-bond donors (Lipinski definition) is 1. The van der Waals surface area contributed by atoms with Crippen molar-refractivity contribution in [2.75, 3.05) is 32.2 Å². The molecule has 5 nitrogen and oxygen atoms in total. The highest BCUT2D eigenvalue weighted by molar-refractivity contribution is 5.91. The van der Waals surface area contributed by atoms with Gasteiger partial charge in [-0.2, -0.15) is 0 Å². The molecule has 2 rings (SSSR count). The van der Waals surface area contributed by atoms with Crippen LogP contribution in [0.25, 0.3) is 0 Å². The van der Waals surface area contributed by atoms with E-state index in [1.165, 1.54) is 0 Å². The minimum absolute atomic E-state index is 0.126. The lowest BCUT2D eigenvalue weighted by molar-refractivity contribution is 0.247. The van der Waals surface area contributed by atoms with E-state index < -0.39 is 0 Å². The van der Waals surface area contributed by atoms with Crippen molar-refractivity contribution in [1.29, 1.82) is 0 Å². The summed E-state index contributed by atoms with van der Waals surface area (Å²) in [5.41, 5.74) is 1.94. The lowest BCUT2D eigenvalue weighted by Crippen LogP contribution is -2.38. The van der Waals surface area contributed by atoms with Crippen molar-refractivity contribution < 1.29 is 14.3 Å². The van der Waals surface area contributed by atoms with E-state index in [1.54, 1.807) is 19.1 Å². The van der Waals surface area contributed by atoms with Gasteiger partial charge in [0.2, 0.25) is 0 Å². The lowest BCUT2D eigenvalue weighted by atomic mass is 10.1.